The number of carbonyl (C=O) groups is 1. The lowest BCUT2D eigenvalue weighted by Gasteiger charge is -2.32. The lowest BCUT2D eigenvalue weighted by atomic mass is 9.90. The number of piperidine rings is 1. The minimum Gasteiger partial charge on any atom is -0.398 e. The van der Waals surface area contributed by atoms with Crippen LogP contribution < -0.4 is 5.73 Å². The summed E-state index contributed by atoms with van der Waals surface area (Å²) in [6, 6.07) is 5.82. The average Bonchev–Trinajstić information content (AvgIpc) is 2.42. The van der Waals surface area contributed by atoms with Gasteiger partial charge >= 0.3 is 5.97 Å². The number of nitrogens with two attached hydrogens (primary N) is 1. The van der Waals surface area contributed by atoms with Gasteiger partial charge in [0.1, 0.15) is 0 Å². The molecule has 1 aliphatic heterocycles. The van der Waals surface area contributed by atoms with Crippen LogP contribution >= 0.6 is 11.6 Å². The van der Waals surface area contributed by atoms with Crippen LogP contribution in [0, 0.1) is 5.41 Å². The first-order chi connectivity index (χ1) is 9.77. The summed E-state index contributed by atoms with van der Waals surface area (Å²) < 4.78 is 0. The van der Waals surface area contributed by atoms with E-state index >= 15 is 0 Å². The molecule has 0 bridgehead atoms. The largest absolute Gasteiger partial charge is 0.398 e. The van der Waals surface area contributed by atoms with Gasteiger partial charge in [0.2, 0.25) is 0 Å². The maximum atomic E-state index is 11.9. The number of hydrogen-bond acceptors (Lipinski definition) is 4. The highest BCUT2D eigenvalue weighted by Gasteiger charge is 2.28. The zero-order valence-electron chi connectivity index (χ0n) is 12.9. The average molecular weight is 311 g/mol. The van der Waals surface area contributed by atoms with E-state index < -0.39 is 5.41 Å². The van der Waals surface area contributed by atoms with Crippen molar-refractivity contribution >= 4 is 23.3 Å². The molecule has 0 radical (unpaired) electrons. The summed E-state index contributed by atoms with van der Waals surface area (Å²) in [5.74, 6) is 0.254. The van der Waals surface area contributed by atoms with Crippen molar-refractivity contribution in [3.63, 3.8) is 0 Å². The number of rotatable bonds is 2. The van der Waals surface area contributed by atoms with Gasteiger partial charge in [-0.15, -0.1) is 5.06 Å². The van der Waals surface area contributed by atoms with E-state index in [4.69, 9.17) is 22.2 Å². The van der Waals surface area contributed by atoms with Crippen molar-refractivity contribution in [3.8, 4) is 0 Å². The van der Waals surface area contributed by atoms with E-state index in [1.807, 2.05) is 39.0 Å². The smallest absolute Gasteiger partial charge is 0.330 e. The Hall–Kier alpha value is -1.26. The summed E-state index contributed by atoms with van der Waals surface area (Å²) in [6.45, 7) is 7.07. The highest BCUT2D eigenvalue weighted by Crippen LogP contribution is 2.32. The first kappa shape index (κ1) is 16.1. The SMILES string of the molecule is CC(C)(C)C(=O)ON1CCC(c2ccc(N)c(Cl)c2)CC1. The minimum absolute atomic E-state index is 0.184. The van der Waals surface area contributed by atoms with Gasteiger partial charge in [0, 0.05) is 13.1 Å². The van der Waals surface area contributed by atoms with E-state index in [9.17, 15) is 4.79 Å². The van der Waals surface area contributed by atoms with Crippen molar-refractivity contribution in [2.75, 3.05) is 18.8 Å². The van der Waals surface area contributed by atoms with Crippen LogP contribution in [0.2, 0.25) is 5.02 Å². The number of anilines is 1. The van der Waals surface area contributed by atoms with E-state index in [0.717, 1.165) is 25.9 Å². The molecule has 0 spiro atoms. The van der Waals surface area contributed by atoms with Crippen molar-refractivity contribution in [2.24, 2.45) is 5.41 Å². The standard InChI is InChI=1S/C16H23ClN2O2/c1-16(2,3)15(20)21-19-8-6-11(7-9-19)12-4-5-14(18)13(17)10-12/h4-5,10-11H,6-9,18H2,1-3H3. The summed E-state index contributed by atoms with van der Waals surface area (Å²) in [6.07, 6.45) is 1.88. The molecule has 1 aliphatic rings. The van der Waals surface area contributed by atoms with Crippen molar-refractivity contribution in [1.29, 1.82) is 0 Å². The number of halogens is 1. The van der Waals surface area contributed by atoms with Gasteiger partial charge in [-0.3, -0.25) is 0 Å². The molecule has 0 aliphatic carbocycles. The van der Waals surface area contributed by atoms with Crippen LogP contribution in [0.1, 0.15) is 45.1 Å². The third-order valence-electron chi connectivity index (χ3n) is 3.77. The molecule has 1 heterocycles. The topological polar surface area (TPSA) is 55.6 Å². The van der Waals surface area contributed by atoms with Crippen LogP contribution in [0.5, 0.6) is 0 Å². The van der Waals surface area contributed by atoms with E-state index in [2.05, 4.69) is 0 Å². The molecular weight excluding hydrogens is 288 g/mol. The number of benzene rings is 1. The third kappa shape index (κ3) is 4.11. The molecule has 0 atom stereocenters. The van der Waals surface area contributed by atoms with Gasteiger partial charge in [0.05, 0.1) is 16.1 Å². The van der Waals surface area contributed by atoms with E-state index in [1.165, 1.54) is 5.56 Å². The summed E-state index contributed by atoms with van der Waals surface area (Å²) in [5, 5.41) is 2.37. The van der Waals surface area contributed by atoms with Crippen LogP contribution in [0.3, 0.4) is 0 Å². The fraction of sp³-hybridized carbons (Fsp3) is 0.562. The van der Waals surface area contributed by atoms with Crippen molar-refractivity contribution < 1.29 is 9.63 Å². The lowest BCUT2D eigenvalue weighted by Crippen LogP contribution is -2.38. The summed E-state index contributed by atoms with van der Waals surface area (Å²) in [4.78, 5) is 17.3. The maximum absolute atomic E-state index is 11.9. The second-order valence-electron chi connectivity index (χ2n) is 6.61. The van der Waals surface area contributed by atoms with Gasteiger partial charge < -0.3 is 10.6 Å². The molecule has 0 aromatic heterocycles. The van der Waals surface area contributed by atoms with E-state index in [-0.39, 0.29) is 5.97 Å². The molecule has 21 heavy (non-hydrogen) atoms. The molecule has 2 rings (SSSR count). The Labute approximate surface area is 131 Å². The van der Waals surface area contributed by atoms with Gasteiger partial charge in [-0.2, -0.15) is 0 Å². The highest BCUT2D eigenvalue weighted by molar-refractivity contribution is 6.33. The molecule has 5 heteroatoms. The molecule has 0 amide bonds. The molecule has 0 saturated carbocycles. The Bertz CT molecular complexity index is 517. The molecule has 2 N–H and O–H groups in total. The van der Waals surface area contributed by atoms with E-state index in [1.54, 1.807) is 5.06 Å². The van der Waals surface area contributed by atoms with Gasteiger partial charge in [0.25, 0.3) is 0 Å². The number of hydroxylamine groups is 2. The summed E-state index contributed by atoms with van der Waals surface area (Å²) in [7, 11) is 0. The Morgan fingerprint density at radius 1 is 1.33 bits per heavy atom. The predicted octanol–water partition coefficient (Wildman–Crippen LogP) is 3.61. The highest BCUT2D eigenvalue weighted by atomic mass is 35.5. The Kier molecular flexibility index (Phi) is 4.79. The number of nitrogen functional groups attached to an aromatic ring is 1. The number of nitrogens with zero attached hydrogens (tertiary/aromatic N) is 1. The van der Waals surface area contributed by atoms with Crippen LogP contribution in [-0.4, -0.2) is 24.1 Å². The Morgan fingerprint density at radius 3 is 2.48 bits per heavy atom. The monoisotopic (exact) mass is 310 g/mol. The molecule has 116 valence electrons. The summed E-state index contributed by atoms with van der Waals surface area (Å²) >= 11 is 6.08. The molecule has 1 saturated heterocycles. The van der Waals surface area contributed by atoms with Crippen LogP contribution in [0.25, 0.3) is 0 Å². The van der Waals surface area contributed by atoms with Crippen LogP contribution in [0.4, 0.5) is 5.69 Å². The molecule has 0 unspecified atom stereocenters. The third-order valence-corrected chi connectivity index (χ3v) is 4.10. The van der Waals surface area contributed by atoms with Crippen molar-refractivity contribution in [2.45, 2.75) is 39.5 Å². The number of hydrogen-bond donors (Lipinski definition) is 1. The van der Waals surface area contributed by atoms with Crippen molar-refractivity contribution in [1.82, 2.24) is 5.06 Å². The van der Waals surface area contributed by atoms with Crippen LogP contribution in [-0.2, 0) is 9.63 Å². The second kappa shape index (κ2) is 6.24. The van der Waals surface area contributed by atoms with Crippen molar-refractivity contribution in [3.05, 3.63) is 28.8 Å². The van der Waals surface area contributed by atoms with Gasteiger partial charge in [0.15, 0.2) is 0 Å². The number of carbonyl (C=O) groups excluding carboxylic acids is 1. The molecule has 1 aromatic rings. The lowest BCUT2D eigenvalue weighted by molar-refractivity contribution is -0.204. The zero-order valence-corrected chi connectivity index (χ0v) is 13.6. The fourth-order valence-corrected chi connectivity index (χ4v) is 2.52. The van der Waals surface area contributed by atoms with E-state index in [0.29, 0.717) is 16.6 Å². The summed E-state index contributed by atoms with van der Waals surface area (Å²) in [5.41, 5.74) is 7.08. The Morgan fingerprint density at radius 2 is 1.95 bits per heavy atom. The predicted molar refractivity (Wildman–Crippen MR) is 85.0 cm³/mol. The fourth-order valence-electron chi connectivity index (χ4n) is 2.33. The Balaban J connectivity index is 1.91. The second-order valence-corrected chi connectivity index (χ2v) is 7.02. The molecular formula is C16H23ClN2O2. The maximum Gasteiger partial charge on any atom is 0.330 e. The molecule has 4 nitrogen and oxygen atoms in total. The zero-order chi connectivity index (χ0) is 15.6. The van der Waals surface area contributed by atoms with Crippen LogP contribution in [0.15, 0.2) is 18.2 Å². The van der Waals surface area contributed by atoms with Gasteiger partial charge in [-0.1, -0.05) is 17.7 Å². The van der Waals surface area contributed by atoms with Gasteiger partial charge in [-0.25, -0.2) is 4.79 Å². The minimum atomic E-state index is -0.471. The first-order valence-corrected chi connectivity index (χ1v) is 7.67. The van der Waals surface area contributed by atoms with Gasteiger partial charge in [-0.05, 0) is 57.2 Å². The molecule has 1 fully saturated rings. The first-order valence-electron chi connectivity index (χ1n) is 7.29. The quantitative estimate of drug-likeness (QED) is 0.848. The molecule has 1 aromatic carbocycles. The normalized spacial score (nSPS) is 17.7.